The van der Waals surface area contributed by atoms with Crippen LogP contribution in [0, 0.1) is 13.8 Å². The van der Waals surface area contributed by atoms with Gasteiger partial charge in [-0.15, -0.1) is 11.3 Å². The lowest BCUT2D eigenvalue weighted by atomic mass is 10.1. The number of ether oxygens (including phenoxy) is 1. The summed E-state index contributed by atoms with van der Waals surface area (Å²) in [6.07, 6.45) is 1.96. The van der Waals surface area contributed by atoms with Gasteiger partial charge in [-0.1, -0.05) is 0 Å². The van der Waals surface area contributed by atoms with Crippen molar-refractivity contribution in [2.75, 3.05) is 19.7 Å². The monoisotopic (exact) mass is 283 g/mol. The molecule has 0 spiro atoms. The number of aliphatic carboxylic acids is 1. The van der Waals surface area contributed by atoms with Crippen molar-refractivity contribution >= 4 is 17.3 Å². The molecule has 1 saturated heterocycles. The lowest BCUT2D eigenvalue weighted by Gasteiger charge is -2.31. The molecule has 0 radical (unpaired) electrons. The number of aryl methyl sites for hydroxylation is 2. The van der Waals surface area contributed by atoms with Crippen molar-refractivity contribution in [1.82, 2.24) is 4.90 Å². The highest BCUT2D eigenvalue weighted by Crippen LogP contribution is 2.23. The van der Waals surface area contributed by atoms with Gasteiger partial charge in [0, 0.05) is 29.4 Å². The summed E-state index contributed by atoms with van der Waals surface area (Å²) in [5, 5.41) is 8.59. The number of rotatable bonds is 5. The van der Waals surface area contributed by atoms with Gasteiger partial charge in [0.25, 0.3) is 0 Å². The number of hydrogen-bond donors (Lipinski definition) is 1. The summed E-state index contributed by atoms with van der Waals surface area (Å²) in [7, 11) is 0. The fourth-order valence-corrected chi connectivity index (χ4v) is 3.44. The molecule has 106 valence electrons. The Balaban J connectivity index is 1.77. The predicted octanol–water partition coefficient (Wildman–Crippen LogP) is 2.43. The molecule has 1 aliphatic heterocycles. The molecule has 0 aliphatic carbocycles. The lowest BCUT2D eigenvalue weighted by molar-refractivity contribution is -0.145. The zero-order chi connectivity index (χ0) is 13.8. The average molecular weight is 283 g/mol. The Bertz CT molecular complexity index is 436. The van der Waals surface area contributed by atoms with Crippen LogP contribution in [0.1, 0.15) is 28.2 Å². The van der Waals surface area contributed by atoms with Crippen molar-refractivity contribution < 1.29 is 14.6 Å². The van der Waals surface area contributed by atoms with Crippen LogP contribution in [0.5, 0.6) is 0 Å². The summed E-state index contributed by atoms with van der Waals surface area (Å²) in [6.45, 7) is 7.12. The molecule has 1 aliphatic rings. The topological polar surface area (TPSA) is 49.8 Å². The minimum Gasteiger partial charge on any atom is -0.480 e. The second kappa shape index (κ2) is 6.50. The van der Waals surface area contributed by atoms with E-state index in [0.29, 0.717) is 0 Å². The first-order chi connectivity index (χ1) is 9.04. The standard InChI is InChI=1S/C14H21NO3S/c1-10-7-12(11(2)19-10)8-15-5-3-13(4-6-15)18-9-14(16)17/h7,13H,3-6,8-9H2,1-2H3,(H,16,17). The van der Waals surface area contributed by atoms with Gasteiger partial charge in [-0.2, -0.15) is 0 Å². The summed E-state index contributed by atoms with van der Waals surface area (Å²) in [5.74, 6) is -0.883. The van der Waals surface area contributed by atoms with Crippen LogP contribution in [0.4, 0.5) is 0 Å². The van der Waals surface area contributed by atoms with Gasteiger partial charge in [-0.05, 0) is 38.3 Å². The maximum Gasteiger partial charge on any atom is 0.329 e. The van der Waals surface area contributed by atoms with Crippen molar-refractivity contribution in [1.29, 1.82) is 0 Å². The molecule has 0 amide bonds. The van der Waals surface area contributed by atoms with Crippen LogP contribution in [-0.2, 0) is 16.1 Å². The molecule has 4 nitrogen and oxygen atoms in total. The van der Waals surface area contributed by atoms with Gasteiger partial charge in [0.05, 0.1) is 6.10 Å². The van der Waals surface area contributed by atoms with E-state index in [9.17, 15) is 4.79 Å². The Morgan fingerprint density at radius 3 is 2.68 bits per heavy atom. The Morgan fingerprint density at radius 2 is 2.16 bits per heavy atom. The second-order valence-electron chi connectivity index (χ2n) is 5.12. The molecule has 2 heterocycles. The van der Waals surface area contributed by atoms with E-state index in [1.165, 1.54) is 15.3 Å². The molecular weight excluding hydrogens is 262 g/mol. The van der Waals surface area contributed by atoms with Gasteiger partial charge in [0.1, 0.15) is 6.61 Å². The number of likely N-dealkylation sites (tertiary alicyclic amines) is 1. The molecule has 0 aromatic carbocycles. The fraction of sp³-hybridized carbons (Fsp3) is 0.643. The normalized spacial score (nSPS) is 17.8. The molecule has 0 unspecified atom stereocenters. The van der Waals surface area contributed by atoms with Crippen LogP contribution in [-0.4, -0.2) is 41.8 Å². The lowest BCUT2D eigenvalue weighted by Crippen LogP contribution is -2.37. The third-order valence-electron chi connectivity index (χ3n) is 3.51. The number of carbonyl (C=O) groups is 1. The molecular formula is C14H21NO3S. The SMILES string of the molecule is Cc1cc(CN2CCC(OCC(=O)O)CC2)c(C)s1. The largest absolute Gasteiger partial charge is 0.480 e. The van der Waals surface area contributed by atoms with Crippen LogP contribution in [0.25, 0.3) is 0 Å². The quantitative estimate of drug-likeness (QED) is 0.901. The van der Waals surface area contributed by atoms with Crippen molar-refractivity contribution in [3.05, 3.63) is 21.4 Å². The summed E-state index contributed by atoms with van der Waals surface area (Å²) in [4.78, 5) is 15.7. The molecule has 1 aromatic rings. The molecule has 2 rings (SSSR count). The molecule has 1 fully saturated rings. The van der Waals surface area contributed by atoms with Crippen molar-refractivity contribution in [2.24, 2.45) is 0 Å². The van der Waals surface area contributed by atoms with E-state index in [-0.39, 0.29) is 12.7 Å². The smallest absolute Gasteiger partial charge is 0.329 e. The molecule has 5 heteroatoms. The highest BCUT2D eigenvalue weighted by Gasteiger charge is 2.21. The number of nitrogens with zero attached hydrogens (tertiary/aromatic N) is 1. The van der Waals surface area contributed by atoms with Crippen LogP contribution in [0.2, 0.25) is 0 Å². The first-order valence-electron chi connectivity index (χ1n) is 6.66. The minimum absolute atomic E-state index is 0.109. The third kappa shape index (κ3) is 4.30. The molecule has 19 heavy (non-hydrogen) atoms. The Kier molecular flexibility index (Phi) is 4.96. The molecule has 1 N–H and O–H groups in total. The third-order valence-corrected chi connectivity index (χ3v) is 4.52. The van der Waals surface area contributed by atoms with Crippen LogP contribution < -0.4 is 0 Å². The first-order valence-corrected chi connectivity index (χ1v) is 7.48. The van der Waals surface area contributed by atoms with Crippen LogP contribution in [0.15, 0.2) is 6.07 Å². The molecule has 0 bridgehead atoms. The van der Waals surface area contributed by atoms with E-state index < -0.39 is 5.97 Å². The van der Waals surface area contributed by atoms with Crippen molar-refractivity contribution in [2.45, 2.75) is 39.3 Å². The Hall–Kier alpha value is -0.910. The fourth-order valence-electron chi connectivity index (χ4n) is 2.50. The number of hydrogen-bond acceptors (Lipinski definition) is 4. The summed E-state index contributed by atoms with van der Waals surface area (Å²) >= 11 is 1.85. The number of thiophene rings is 1. The molecule has 1 aromatic heterocycles. The van der Waals surface area contributed by atoms with E-state index >= 15 is 0 Å². The van der Waals surface area contributed by atoms with Gasteiger partial charge in [0.2, 0.25) is 0 Å². The van der Waals surface area contributed by atoms with Gasteiger partial charge in [0.15, 0.2) is 0 Å². The first kappa shape index (κ1) is 14.5. The van der Waals surface area contributed by atoms with Gasteiger partial charge >= 0.3 is 5.97 Å². The Labute approximate surface area is 118 Å². The zero-order valence-corrected chi connectivity index (χ0v) is 12.3. The predicted molar refractivity (Wildman–Crippen MR) is 75.7 cm³/mol. The summed E-state index contributed by atoms with van der Waals surface area (Å²) in [5.41, 5.74) is 1.42. The number of carboxylic acid groups (broad SMARTS) is 1. The van der Waals surface area contributed by atoms with E-state index in [0.717, 1.165) is 32.5 Å². The highest BCUT2D eigenvalue weighted by molar-refractivity contribution is 7.12. The van der Waals surface area contributed by atoms with Gasteiger partial charge < -0.3 is 9.84 Å². The summed E-state index contributed by atoms with van der Waals surface area (Å²) in [6, 6.07) is 2.27. The average Bonchev–Trinajstić information content (AvgIpc) is 2.67. The Morgan fingerprint density at radius 1 is 1.47 bits per heavy atom. The number of carboxylic acids is 1. The highest BCUT2D eigenvalue weighted by atomic mass is 32.1. The second-order valence-corrected chi connectivity index (χ2v) is 6.58. The van der Waals surface area contributed by atoms with Gasteiger partial charge in [-0.3, -0.25) is 4.90 Å². The van der Waals surface area contributed by atoms with E-state index in [2.05, 4.69) is 24.8 Å². The van der Waals surface area contributed by atoms with Crippen LogP contribution >= 0.6 is 11.3 Å². The maximum absolute atomic E-state index is 10.5. The van der Waals surface area contributed by atoms with E-state index in [1.807, 2.05) is 11.3 Å². The van der Waals surface area contributed by atoms with E-state index in [1.54, 1.807) is 0 Å². The van der Waals surface area contributed by atoms with Crippen molar-refractivity contribution in [3.63, 3.8) is 0 Å². The maximum atomic E-state index is 10.5. The van der Waals surface area contributed by atoms with Gasteiger partial charge in [-0.25, -0.2) is 4.79 Å². The zero-order valence-electron chi connectivity index (χ0n) is 11.5. The molecule has 0 saturated carbocycles. The van der Waals surface area contributed by atoms with E-state index in [4.69, 9.17) is 9.84 Å². The summed E-state index contributed by atoms with van der Waals surface area (Å²) < 4.78 is 5.35. The van der Waals surface area contributed by atoms with Crippen LogP contribution in [0.3, 0.4) is 0 Å². The van der Waals surface area contributed by atoms with Crippen molar-refractivity contribution in [3.8, 4) is 0 Å². The molecule has 0 atom stereocenters. The minimum atomic E-state index is -0.883. The number of piperidine rings is 1.